The molecule has 0 saturated carbocycles. The first-order valence-electron chi connectivity index (χ1n) is 8.67. The molecule has 3 rings (SSSR count). The molecule has 2 atom stereocenters. The number of amides is 1. The molecule has 1 fully saturated rings. The van der Waals surface area contributed by atoms with Crippen molar-refractivity contribution in [3.63, 3.8) is 0 Å². The van der Waals surface area contributed by atoms with E-state index in [0.29, 0.717) is 36.2 Å². The first-order chi connectivity index (χ1) is 12.4. The molecular formula is C17H23N4O4S+. The van der Waals surface area contributed by atoms with Gasteiger partial charge >= 0.3 is 0 Å². The van der Waals surface area contributed by atoms with Gasteiger partial charge in [0.15, 0.2) is 22.2 Å². The van der Waals surface area contributed by atoms with Crippen LogP contribution in [0.25, 0.3) is 10.9 Å². The third-order valence-corrected chi connectivity index (χ3v) is 6.36. The van der Waals surface area contributed by atoms with Gasteiger partial charge in [0.25, 0.3) is 11.5 Å². The molecule has 0 bridgehead atoms. The molecule has 1 aliphatic rings. The summed E-state index contributed by atoms with van der Waals surface area (Å²) in [5.74, 6) is 0.485. The van der Waals surface area contributed by atoms with Crippen LogP contribution >= 0.6 is 0 Å². The monoisotopic (exact) mass is 379 g/mol. The van der Waals surface area contributed by atoms with Crippen molar-refractivity contribution in [3.05, 3.63) is 40.4 Å². The van der Waals surface area contributed by atoms with Crippen LogP contribution < -0.4 is 15.8 Å². The quantitative estimate of drug-likeness (QED) is 0.573. The van der Waals surface area contributed by atoms with Crippen molar-refractivity contribution in [3.8, 4) is 0 Å². The molecule has 2 aromatic rings. The highest BCUT2D eigenvalue weighted by atomic mass is 32.2. The Labute approximate surface area is 151 Å². The number of likely N-dealkylation sites (N-methyl/N-ethyl adjacent to an activating group) is 1. The minimum absolute atomic E-state index is 0.0136. The zero-order chi connectivity index (χ0) is 18.7. The van der Waals surface area contributed by atoms with Crippen LogP contribution in [0, 0.1) is 0 Å². The van der Waals surface area contributed by atoms with Gasteiger partial charge in [-0.3, -0.25) is 9.59 Å². The Morgan fingerprint density at radius 3 is 2.85 bits per heavy atom. The summed E-state index contributed by atoms with van der Waals surface area (Å²) in [7, 11) is -3.02. The number of H-pyrrole nitrogens is 1. The Kier molecular flexibility index (Phi) is 5.38. The summed E-state index contributed by atoms with van der Waals surface area (Å²) in [6.07, 6.45) is 0.467. The van der Waals surface area contributed by atoms with E-state index < -0.39 is 9.84 Å². The summed E-state index contributed by atoms with van der Waals surface area (Å²) in [5.41, 5.74) is 0.434. The van der Waals surface area contributed by atoms with Crippen molar-refractivity contribution < 1.29 is 18.1 Å². The Hall–Kier alpha value is -2.26. The van der Waals surface area contributed by atoms with Gasteiger partial charge in [0.1, 0.15) is 6.54 Å². The van der Waals surface area contributed by atoms with Gasteiger partial charge in [-0.1, -0.05) is 12.1 Å². The lowest BCUT2D eigenvalue weighted by Gasteiger charge is -2.18. The first-order valence-corrected chi connectivity index (χ1v) is 10.5. The standard InChI is InChI=1S/C17H22N4O4S/c1-2-21(10-16(22)18-12-7-8-26(24,25)11-12)9-15-19-14-6-4-3-5-13(14)17(23)20-15/h3-6,12H,2,7-11H2,1H3,(H,18,22)(H,19,20,23)/p+1/t12-/m1/s1. The Balaban J connectivity index is 1.64. The normalized spacial score (nSPS) is 20.1. The van der Waals surface area contributed by atoms with Crippen LogP contribution in [0.15, 0.2) is 29.1 Å². The van der Waals surface area contributed by atoms with Crippen molar-refractivity contribution in [1.29, 1.82) is 0 Å². The fourth-order valence-electron chi connectivity index (χ4n) is 3.18. The van der Waals surface area contributed by atoms with Crippen LogP contribution in [0.1, 0.15) is 19.2 Å². The number of aromatic amines is 1. The molecule has 2 heterocycles. The maximum Gasteiger partial charge on any atom is 0.275 e. The molecule has 1 unspecified atom stereocenters. The van der Waals surface area contributed by atoms with Crippen molar-refractivity contribution in [1.82, 2.24) is 15.3 Å². The van der Waals surface area contributed by atoms with E-state index in [1.807, 2.05) is 13.0 Å². The van der Waals surface area contributed by atoms with Crippen LogP contribution in [0.4, 0.5) is 0 Å². The number of carbonyl (C=O) groups is 1. The zero-order valence-electron chi connectivity index (χ0n) is 14.6. The van der Waals surface area contributed by atoms with Crippen molar-refractivity contribution in [2.24, 2.45) is 0 Å². The highest BCUT2D eigenvalue weighted by Crippen LogP contribution is 2.10. The lowest BCUT2D eigenvalue weighted by molar-refractivity contribution is -0.904. The lowest BCUT2D eigenvalue weighted by Crippen LogP contribution is -3.11. The van der Waals surface area contributed by atoms with Crippen molar-refractivity contribution >= 4 is 26.6 Å². The van der Waals surface area contributed by atoms with E-state index in [9.17, 15) is 18.0 Å². The number of para-hydroxylation sites is 1. The van der Waals surface area contributed by atoms with Gasteiger partial charge in [-0.2, -0.15) is 0 Å². The van der Waals surface area contributed by atoms with Gasteiger partial charge in [0.05, 0.1) is 29.0 Å². The molecule has 0 radical (unpaired) electrons. The van der Waals surface area contributed by atoms with E-state index in [4.69, 9.17) is 0 Å². The molecule has 1 aromatic carbocycles. The number of aromatic nitrogens is 2. The van der Waals surface area contributed by atoms with Gasteiger partial charge in [0, 0.05) is 6.04 Å². The number of fused-ring (bicyclic) bond motifs is 1. The van der Waals surface area contributed by atoms with Crippen molar-refractivity contribution in [2.75, 3.05) is 24.6 Å². The molecule has 8 nitrogen and oxygen atoms in total. The smallest absolute Gasteiger partial charge is 0.275 e. The van der Waals surface area contributed by atoms with Crippen LogP contribution in [-0.2, 0) is 21.2 Å². The van der Waals surface area contributed by atoms with E-state index >= 15 is 0 Å². The number of quaternary nitrogens is 1. The van der Waals surface area contributed by atoms with Gasteiger partial charge in [0.2, 0.25) is 0 Å². The average Bonchev–Trinajstić information content (AvgIpc) is 2.92. The number of nitrogens with zero attached hydrogens (tertiary/aromatic N) is 1. The molecule has 26 heavy (non-hydrogen) atoms. The second-order valence-electron chi connectivity index (χ2n) is 6.65. The van der Waals surface area contributed by atoms with E-state index in [0.717, 1.165) is 4.90 Å². The number of carbonyl (C=O) groups excluding carboxylic acids is 1. The molecule has 0 spiro atoms. The average molecular weight is 379 g/mol. The minimum Gasteiger partial charge on any atom is -0.347 e. The van der Waals surface area contributed by atoms with Crippen LogP contribution in [0.2, 0.25) is 0 Å². The molecule has 1 saturated heterocycles. The fourth-order valence-corrected chi connectivity index (χ4v) is 4.86. The van der Waals surface area contributed by atoms with E-state index in [-0.39, 0.29) is 35.6 Å². The molecular weight excluding hydrogens is 356 g/mol. The fraction of sp³-hybridized carbons (Fsp3) is 0.471. The molecule has 3 N–H and O–H groups in total. The van der Waals surface area contributed by atoms with Crippen LogP contribution in [0.5, 0.6) is 0 Å². The third-order valence-electron chi connectivity index (χ3n) is 4.59. The predicted molar refractivity (Wildman–Crippen MR) is 97.6 cm³/mol. The lowest BCUT2D eigenvalue weighted by atomic mass is 10.2. The molecule has 0 aliphatic carbocycles. The topological polar surface area (TPSA) is 113 Å². The Morgan fingerprint density at radius 2 is 2.15 bits per heavy atom. The van der Waals surface area contributed by atoms with E-state index in [2.05, 4.69) is 15.3 Å². The first kappa shape index (κ1) is 18.5. The summed E-state index contributed by atoms with van der Waals surface area (Å²) in [5, 5.41) is 3.33. The van der Waals surface area contributed by atoms with Gasteiger partial charge in [-0.05, 0) is 25.5 Å². The maximum atomic E-state index is 12.2. The Bertz CT molecular complexity index is 970. The predicted octanol–water partition coefficient (Wildman–Crippen LogP) is -1.37. The van der Waals surface area contributed by atoms with E-state index in [1.54, 1.807) is 18.2 Å². The third kappa shape index (κ3) is 4.47. The van der Waals surface area contributed by atoms with Crippen molar-refractivity contribution in [2.45, 2.75) is 25.9 Å². The SMILES string of the molecule is CC[NH+](CC(=O)N[C@@H]1CCS(=O)(=O)C1)Cc1nc2ccccc2c(=O)[nH]1. The summed E-state index contributed by atoms with van der Waals surface area (Å²) >= 11 is 0. The Morgan fingerprint density at radius 1 is 1.38 bits per heavy atom. The van der Waals surface area contributed by atoms with Gasteiger partial charge in [-0.15, -0.1) is 0 Å². The summed E-state index contributed by atoms with van der Waals surface area (Å²) < 4.78 is 23.0. The van der Waals surface area contributed by atoms with Crippen LogP contribution in [-0.4, -0.2) is 54.9 Å². The molecule has 140 valence electrons. The summed E-state index contributed by atoms with van der Waals surface area (Å²) in [4.78, 5) is 32.5. The largest absolute Gasteiger partial charge is 0.347 e. The summed E-state index contributed by atoms with van der Waals surface area (Å²) in [6, 6.07) is 6.82. The molecule has 1 aliphatic heterocycles. The minimum atomic E-state index is -3.02. The van der Waals surface area contributed by atoms with Gasteiger partial charge in [-0.25, -0.2) is 13.4 Å². The number of hydrogen-bond donors (Lipinski definition) is 3. The molecule has 1 amide bonds. The highest BCUT2D eigenvalue weighted by molar-refractivity contribution is 7.91. The zero-order valence-corrected chi connectivity index (χ0v) is 15.4. The van der Waals surface area contributed by atoms with E-state index in [1.165, 1.54) is 0 Å². The highest BCUT2D eigenvalue weighted by Gasteiger charge is 2.29. The second-order valence-corrected chi connectivity index (χ2v) is 8.88. The molecule has 1 aromatic heterocycles. The number of sulfone groups is 1. The molecule has 9 heteroatoms. The second kappa shape index (κ2) is 7.55. The van der Waals surface area contributed by atoms with Crippen LogP contribution in [0.3, 0.4) is 0 Å². The number of hydrogen-bond acceptors (Lipinski definition) is 5. The maximum absolute atomic E-state index is 12.2. The summed E-state index contributed by atoms with van der Waals surface area (Å²) in [6.45, 7) is 3.23. The van der Waals surface area contributed by atoms with Gasteiger partial charge < -0.3 is 15.2 Å². The number of nitrogens with one attached hydrogen (secondary N) is 3. The number of benzene rings is 1. The number of rotatable bonds is 6.